The molecule has 0 fully saturated rings. The summed E-state index contributed by atoms with van der Waals surface area (Å²) in [4.78, 5) is 36.2. The number of halogens is 1. The number of anilines is 1. The van der Waals surface area contributed by atoms with Gasteiger partial charge in [0.1, 0.15) is 47.1 Å². The molecule has 0 radical (unpaired) electrons. The van der Waals surface area contributed by atoms with Gasteiger partial charge in [-0.05, 0) is 41.7 Å². The average Bonchev–Trinajstić information content (AvgIpc) is 3.79. The van der Waals surface area contributed by atoms with Gasteiger partial charge in [-0.1, -0.05) is 39.8 Å². The van der Waals surface area contributed by atoms with Gasteiger partial charge in [-0.3, -0.25) is 9.59 Å². The van der Waals surface area contributed by atoms with Crippen LogP contribution in [0.5, 0.6) is 5.75 Å². The maximum absolute atomic E-state index is 15.1. The Morgan fingerprint density at radius 2 is 1.93 bits per heavy atom. The van der Waals surface area contributed by atoms with E-state index in [2.05, 4.69) is 20.9 Å². The van der Waals surface area contributed by atoms with Crippen LogP contribution in [-0.2, 0) is 28.0 Å². The smallest absolute Gasteiger partial charge is 0.249 e. The third kappa shape index (κ3) is 4.56. The molecule has 0 aliphatic carbocycles. The minimum Gasteiger partial charge on any atom is -0.469 e. The van der Waals surface area contributed by atoms with Gasteiger partial charge < -0.3 is 39.7 Å². The Hall–Kier alpha value is -4.75. The van der Waals surface area contributed by atoms with Gasteiger partial charge in [-0.25, -0.2) is 14.4 Å². The Kier molecular flexibility index (Phi) is 7.13. The number of benzene rings is 2. The molecule has 7 rings (SSSR count). The van der Waals surface area contributed by atoms with Crippen molar-refractivity contribution < 1.29 is 37.8 Å². The summed E-state index contributed by atoms with van der Waals surface area (Å²) in [5, 5.41) is 29.3. The number of aromatic nitrogens is 2. The van der Waals surface area contributed by atoms with E-state index in [9.17, 15) is 19.8 Å². The van der Waals surface area contributed by atoms with E-state index in [1.807, 2.05) is 19.9 Å². The monoisotopic (exact) mass is 631 g/mol. The zero-order valence-electron chi connectivity index (χ0n) is 25.6. The van der Waals surface area contributed by atoms with Crippen LogP contribution in [0, 0.1) is 17.7 Å². The van der Waals surface area contributed by atoms with Crippen molar-refractivity contribution in [1.82, 2.24) is 20.6 Å². The van der Waals surface area contributed by atoms with Crippen molar-refractivity contribution in [3.05, 3.63) is 82.5 Å². The van der Waals surface area contributed by atoms with Crippen LogP contribution in [0.4, 0.5) is 10.1 Å². The molecule has 0 saturated carbocycles. The number of nitrogens with zero attached hydrogens (tertiary/aromatic N) is 2. The molecule has 3 aliphatic rings. The number of carbonyl (C=O) groups is 2. The van der Waals surface area contributed by atoms with Crippen molar-refractivity contribution in [3.63, 3.8) is 0 Å². The summed E-state index contributed by atoms with van der Waals surface area (Å²) in [5.41, 5.74) is 1.66. The molecule has 4 aromatic rings. The van der Waals surface area contributed by atoms with E-state index in [4.69, 9.17) is 18.6 Å². The summed E-state index contributed by atoms with van der Waals surface area (Å²) >= 11 is 0. The second-order valence-corrected chi connectivity index (χ2v) is 12.7. The van der Waals surface area contributed by atoms with Crippen molar-refractivity contribution in [3.8, 4) is 17.3 Å². The van der Waals surface area contributed by atoms with Crippen LogP contribution >= 0.6 is 0 Å². The first-order valence-corrected chi connectivity index (χ1v) is 15.2. The van der Waals surface area contributed by atoms with Gasteiger partial charge in [-0.2, -0.15) is 0 Å². The van der Waals surface area contributed by atoms with Gasteiger partial charge >= 0.3 is 0 Å². The summed E-state index contributed by atoms with van der Waals surface area (Å²) in [6.45, 7) is 6.82. The molecule has 5 N–H and O–H groups in total. The first-order valence-electron chi connectivity index (χ1n) is 15.2. The summed E-state index contributed by atoms with van der Waals surface area (Å²) in [7, 11) is 0. The molecule has 4 bridgehead atoms. The van der Waals surface area contributed by atoms with Gasteiger partial charge in [0.25, 0.3) is 0 Å². The first-order chi connectivity index (χ1) is 22.0. The lowest BCUT2D eigenvalue weighted by Gasteiger charge is -2.29. The normalized spacial score (nSPS) is 23.5. The van der Waals surface area contributed by atoms with Crippen molar-refractivity contribution in [2.24, 2.45) is 11.8 Å². The van der Waals surface area contributed by atoms with Gasteiger partial charge in [0.2, 0.25) is 23.6 Å². The van der Waals surface area contributed by atoms with Gasteiger partial charge in [0, 0.05) is 23.2 Å². The minimum atomic E-state index is -1.31. The van der Waals surface area contributed by atoms with Crippen molar-refractivity contribution >= 4 is 17.5 Å². The van der Waals surface area contributed by atoms with Crippen molar-refractivity contribution in [2.45, 2.75) is 70.6 Å². The number of ether oxygens (including phenoxy) is 1. The molecule has 1 unspecified atom stereocenters. The molecular weight excluding hydrogens is 597 g/mol. The number of aliphatic hydroxyl groups excluding tert-OH is 2. The molecule has 240 valence electrons. The summed E-state index contributed by atoms with van der Waals surface area (Å²) in [6, 6.07) is 7.99. The summed E-state index contributed by atoms with van der Waals surface area (Å²) in [5.74, 6) is -1.29. The Balaban J connectivity index is 1.49. The number of carbonyl (C=O) groups excluding carboxylic acids is 2. The van der Waals surface area contributed by atoms with Crippen LogP contribution in [0.25, 0.3) is 11.6 Å². The number of hydrogen-bond donors (Lipinski definition) is 5. The van der Waals surface area contributed by atoms with Crippen LogP contribution in [0.3, 0.4) is 0 Å². The number of amides is 2. The zero-order valence-corrected chi connectivity index (χ0v) is 25.6. The fraction of sp³-hybridized carbons (Fsp3) is 0.394. The standard InChI is InChI=1S/C33H34FN5O7/c1-14(2)24-31-39-25(30-35-18(12-40)13-44-30)27(46-31)33-19-11-17(34)6-7-21(19)37-32(33)45-23-8-5-16(9-20(23)33)10-22(28(42)38-24)36-29(43)26(41)15(3)4/h5-9,11,13-15,22,24,26,32,37,40-41H,10,12H2,1-4H3,(H,36,43)(H,38,42)/t22?,24-,26-,32+,33-/m0/s1. The molecule has 13 heteroatoms. The molecule has 3 aliphatic heterocycles. The summed E-state index contributed by atoms with van der Waals surface area (Å²) in [6.07, 6.45) is -0.698. The highest BCUT2D eigenvalue weighted by atomic mass is 19.1. The van der Waals surface area contributed by atoms with Crippen molar-refractivity contribution in [2.75, 3.05) is 5.32 Å². The number of nitrogens with one attached hydrogen (secondary N) is 3. The third-order valence-electron chi connectivity index (χ3n) is 8.92. The topological polar surface area (TPSA) is 172 Å². The zero-order chi connectivity index (χ0) is 32.5. The van der Waals surface area contributed by atoms with Crippen LogP contribution in [0.15, 0.2) is 51.5 Å². The SMILES string of the molecule is CC(C)[C@H](O)C(=O)NC1Cc2ccc3c(c2)[C@@]2(c4cc(F)ccc4N[C@@H]2O3)c2oc(nc2-c2nc(CO)co2)[C@H](C(C)C)NC1=O. The van der Waals surface area contributed by atoms with E-state index in [1.54, 1.807) is 32.0 Å². The first kappa shape index (κ1) is 29.9. The van der Waals surface area contributed by atoms with Crippen LogP contribution in [-0.4, -0.2) is 50.4 Å². The average molecular weight is 632 g/mol. The number of oxazole rings is 2. The minimum absolute atomic E-state index is 0.0631. The highest BCUT2D eigenvalue weighted by Crippen LogP contribution is 2.59. The second-order valence-electron chi connectivity index (χ2n) is 12.7. The molecule has 1 spiro atoms. The summed E-state index contributed by atoms with van der Waals surface area (Å²) < 4.78 is 34.0. The lowest BCUT2D eigenvalue weighted by atomic mass is 9.72. The second kappa shape index (κ2) is 11.0. The van der Waals surface area contributed by atoms with E-state index in [1.165, 1.54) is 18.4 Å². The maximum atomic E-state index is 15.1. The molecule has 46 heavy (non-hydrogen) atoms. The fourth-order valence-corrected chi connectivity index (χ4v) is 6.51. The van der Waals surface area contributed by atoms with E-state index in [0.717, 1.165) is 0 Å². The molecule has 5 atom stereocenters. The molecule has 0 saturated heterocycles. The Labute approximate surface area is 263 Å². The van der Waals surface area contributed by atoms with E-state index < -0.39 is 47.5 Å². The number of fused-ring (bicyclic) bond motifs is 4. The molecule has 2 aromatic heterocycles. The maximum Gasteiger partial charge on any atom is 0.249 e. The lowest BCUT2D eigenvalue weighted by Crippen LogP contribution is -2.52. The van der Waals surface area contributed by atoms with Gasteiger partial charge in [-0.15, -0.1) is 0 Å². The molecule has 12 nitrogen and oxygen atoms in total. The van der Waals surface area contributed by atoms with E-state index in [-0.39, 0.29) is 53.8 Å². The third-order valence-corrected chi connectivity index (χ3v) is 8.92. The predicted octanol–water partition coefficient (Wildman–Crippen LogP) is 3.31. The van der Waals surface area contributed by atoms with Crippen LogP contribution in [0.2, 0.25) is 0 Å². The van der Waals surface area contributed by atoms with E-state index >= 15 is 4.39 Å². The largest absolute Gasteiger partial charge is 0.469 e. The van der Waals surface area contributed by atoms with E-state index in [0.29, 0.717) is 28.1 Å². The number of rotatable bonds is 6. The predicted molar refractivity (Wildman–Crippen MR) is 161 cm³/mol. The molecule has 2 aromatic carbocycles. The molecule has 5 heterocycles. The number of aliphatic hydroxyl groups is 2. The highest BCUT2D eigenvalue weighted by Gasteiger charge is 2.61. The lowest BCUT2D eigenvalue weighted by molar-refractivity contribution is -0.135. The molecule has 2 amide bonds. The Morgan fingerprint density at radius 3 is 2.65 bits per heavy atom. The Bertz CT molecular complexity index is 1850. The number of hydrogen-bond acceptors (Lipinski definition) is 10. The molecular formula is C33H34FN5O7. The fourth-order valence-electron chi connectivity index (χ4n) is 6.51. The van der Waals surface area contributed by atoms with Gasteiger partial charge in [0.15, 0.2) is 17.7 Å². The highest BCUT2D eigenvalue weighted by molar-refractivity contribution is 5.90. The van der Waals surface area contributed by atoms with Crippen LogP contribution in [0.1, 0.15) is 67.8 Å². The quantitative estimate of drug-likeness (QED) is 0.213. The van der Waals surface area contributed by atoms with Crippen molar-refractivity contribution in [1.29, 1.82) is 0 Å². The van der Waals surface area contributed by atoms with Crippen LogP contribution < -0.4 is 20.7 Å². The van der Waals surface area contributed by atoms with Gasteiger partial charge in [0.05, 0.1) is 6.61 Å². The Morgan fingerprint density at radius 1 is 1.13 bits per heavy atom.